The molecule has 0 radical (unpaired) electrons. The zero-order chi connectivity index (χ0) is 30.0. The number of sulfone groups is 1. The number of rotatable bonds is 8. The minimum Gasteiger partial charge on any atom is -0.482 e. The highest BCUT2D eigenvalue weighted by Gasteiger charge is 2.23. The standard InChI is InChI=1S/C28H32FN3O7S/c1-16(22-12-19(29)8-10-21(22)26(33)34)38-24-11-18(14-31-25(24)30)23-13-20(40(6,36)37)9-7-17(23)15-32(5)27(35)39-28(2,3)4/h7-14,16H,15H2,1-6H3,(H2,30,31)(H,33,34)/t16-/m1/s1. The Morgan fingerprint density at radius 1 is 1.15 bits per heavy atom. The van der Waals surface area contributed by atoms with E-state index in [1.54, 1.807) is 40.8 Å². The highest BCUT2D eigenvalue weighted by Crippen LogP contribution is 2.34. The number of amides is 1. The summed E-state index contributed by atoms with van der Waals surface area (Å²) in [6.45, 7) is 6.86. The van der Waals surface area contributed by atoms with Crippen LogP contribution in [0.4, 0.5) is 15.0 Å². The number of benzene rings is 2. The Balaban J connectivity index is 2.05. The van der Waals surface area contributed by atoms with Gasteiger partial charge in [-0.1, -0.05) is 6.07 Å². The molecule has 12 heteroatoms. The maximum atomic E-state index is 13.9. The molecule has 0 aliphatic rings. The highest BCUT2D eigenvalue weighted by atomic mass is 32.2. The number of halogens is 1. The summed E-state index contributed by atoms with van der Waals surface area (Å²) in [5, 5.41) is 9.51. The summed E-state index contributed by atoms with van der Waals surface area (Å²) < 4.78 is 49.9. The lowest BCUT2D eigenvalue weighted by Gasteiger charge is -2.25. The summed E-state index contributed by atoms with van der Waals surface area (Å²) in [5.74, 6) is -1.83. The smallest absolute Gasteiger partial charge is 0.410 e. The number of anilines is 1. The molecule has 0 bridgehead atoms. The van der Waals surface area contributed by atoms with E-state index in [1.807, 2.05) is 0 Å². The van der Waals surface area contributed by atoms with Crippen molar-refractivity contribution in [1.82, 2.24) is 9.88 Å². The van der Waals surface area contributed by atoms with Gasteiger partial charge in [-0.2, -0.15) is 0 Å². The lowest BCUT2D eigenvalue weighted by molar-refractivity contribution is 0.0285. The first kappa shape index (κ1) is 30.4. The number of pyridine rings is 1. The molecule has 0 aliphatic carbocycles. The van der Waals surface area contributed by atoms with E-state index in [-0.39, 0.29) is 34.1 Å². The van der Waals surface area contributed by atoms with Crippen molar-refractivity contribution in [3.05, 3.63) is 71.2 Å². The Morgan fingerprint density at radius 3 is 2.42 bits per heavy atom. The zero-order valence-electron chi connectivity index (χ0n) is 23.1. The molecule has 40 heavy (non-hydrogen) atoms. The van der Waals surface area contributed by atoms with Gasteiger partial charge in [-0.05, 0) is 75.2 Å². The average Bonchev–Trinajstić information content (AvgIpc) is 2.83. The number of carbonyl (C=O) groups excluding carboxylic acids is 1. The van der Waals surface area contributed by atoms with Crippen LogP contribution in [0.25, 0.3) is 11.1 Å². The molecule has 3 N–H and O–H groups in total. The third kappa shape index (κ3) is 7.47. The van der Waals surface area contributed by atoms with E-state index in [2.05, 4.69) is 4.98 Å². The molecule has 1 heterocycles. The van der Waals surface area contributed by atoms with Gasteiger partial charge in [-0.3, -0.25) is 0 Å². The summed E-state index contributed by atoms with van der Waals surface area (Å²) in [4.78, 5) is 29.8. The first-order valence-corrected chi connectivity index (χ1v) is 14.1. The summed E-state index contributed by atoms with van der Waals surface area (Å²) in [5.41, 5.74) is 6.75. The Kier molecular flexibility index (Phi) is 8.73. The second-order valence-electron chi connectivity index (χ2n) is 10.3. The number of aromatic carboxylic acids is 1. The molecule has 1 aromatic heterocycles. The number of aromatic nitrogens is 1. The molecule has 214 valence electrons. The van der Waals surface area contributed by atoms with E-state index in [9.17, 15) is 27.5 Å². The molecule has 0 saturated carbocycles. The van der Waals surface area contributed by atoms with Gasteiger partial charge in [-0.25, -0.2) is 27.4 Å². The maximum absolute atomic E-state index is 13.9. The summed E-state index contributed by atoms with van der Waals surface area (Å²) in [6, 6.07) is 9.29. The first-order valence-electron chi connectivity index (χ1n) is 12.2. The molecule has 0 unspecified atom stereocenters. The number of carboxylic acid groups (broad SMARTS) is 1. The summed E-state index contributed by atoms with van der Waals surface area (Å²) in [6.07, 6.45) is 1.01. The highest BCUT2D eigenvalue weighted by molar-refractivity contribution is 7.90. The van der Waals surface area contributed by atoms with Crippen LogP contribution in [0, 0.1) is 5.82 Å². The van der Waals surface area contributed by atoms with Gasteiger partial charge in [0.2, 0.25) is 0 Å². The Bertz CT molecular complexity index is 1550. The molecule has 0 saturated heterocycles. The van der Waals surface area contributed by atoms with Gasteiger partial charge >= 0.3 is 12.1 Å². The van der Waals surface area contributed by atoms with Crippen molar-refractivity contribution in [1.29, 1.82) is 0 Å². The van der Waals surface area contributed by atoms with Crippen LogP contribution in [0.3, 0.4) is 0 Å². The number of ether oxygens (including phenoxy) is 2. The lowest BCUT2D eigenvalue weighted by atomic mass is 10.00. The van der Waals surface area contributed by atoms with E-state index in [1.165, 1.54) is 29.3 Å². The van der Waals surface area contributed by atoms with E-state index < -0.39 is 39.4 Å². The number of nitrogen functional groups attached to an aromatic ring is 1. The molecule has 2 aromatic carbocycles. The fourth-order valence-corrected chi connectivity index (χ4v) is 4.52. The van der Waals surface area contributed by atoms with Gasteiger partial charge in [0.15, 0.2) is 21.4 Å². The lowest BCUT2D eigenvalue weighted by Crippen LogP contribution is -2.33. The predicted molar refractivity (Wildman–Crippen MR) is 147 cm³/mol. The van der Waals surface area contributed by atoms with Crippen molar-refractivity contribution in [2.45, 2.75) is 50.8 Å². The number of nitrogens with zero attached hydrogens (tertiary/aromatic N) is 2. The number of carbonyl (C=O) groups is 2. The molecule has 3 aromatic rings. The normalized spacial score (nSPS) is 12.5. The van der Waals surface area contributed by atoms with Crippen molar-refractivity contribution in [3.63, 3.8) is 0 Å². The van der Waals surface area contributed by atoms with Crippen LogP contribution in [0.2, 0.25) is 0 Å². The Hall–Kier alpha value is -4.19. The topological polar surface area (TPSA) is 149 Å². The van der Waals surface area contributed by atoms with Gasteiger partial charge in [0, 0.05) is 37.2 Å². The monoisotopic (exact) mass is 573 g/mol. The molecule has 1 atom stereocenters. The zero-order valence-corrected chi connectivity index (χ0v) is 23.9. The predicted octanol–water partition coefficient (Wildman–Crippen LogP) is 5.08. The van der Waals surface area contributed by atoms with Crippen LogP contribution in [0.1, 0.15) is 55.3 Å². The molecule has 10 nitrogen and oxygen atoms in total. The van der Waals surface area contributed by atoms with Crippen LogP contribution >= 0.6 is 0 Å². The third-order valence-electron chi connectivity index (χ3n) is 5.80. The molecule has 1 amide bonds. The summed E-state index contributed by atoms with van der Waals surface area (Å²) >= 11 is 0. The number of hydrogen-bond acceptors (Lipinski definition) is 8. The van der Waals surface area contributed by atoms with Crippen molar-refractivity contribution in [2.24, 2.45) is 0 Å². The van der Waals surface area contributed by atoms with E-state index >= 15 is 0 Å². The molecule has 0 aliphatic heterocycles. The van der Waals surface area contributed by atoms with E-state index in [0.717, 1.165) is 24.5 Å². The van der Waals surface area contributed by atoms with Crippen LogP contribution in [-0.2, 0) is 21.1 Å². The largest absolute Gasteiger partial charge is 0.482 e. The second kappa shape index (κ2) is 11.5. The van der Waals surface area contributed by atoms with E-state index in [0.29, 0.717) is 16.7 Å². The second-order valence-corrected chi connectivity index (χ2v) is 12.3. The number of carboxylic acids is 1. The maximum Gasteiger partial charge on any atom is 0.410 e. The van der Waals surface area contributed by atoms with Crippen molar-refractivity contribution in [3.8, 4) is 16.9 Å². The minimum atomic E-state index is -3.58. The van der Waals surface area contributed by atoms with Gasteiger partial charge < -0.3 is 25.2 Å². The fourth-order valence-electron chi connectivity index (χ4n) is 3.87. The average molecular weight is 574 g/mol. The molecule has 0 spiro atoms. The van der Waals surface area contributed by atoms with Crippen LogP contribution in [0.15, 0.2) is 53.6 Å². The minimum absolute atomic E-state index is 0.0180. The first-order chi connectivity index (χ1) is 18.5. The van der Waals surface area contributed by atoms with Crippen molar-refractivity contribution < 1.29 is 37.0 Å². The van der Waals surface area contributed by atoms with Gasteiger partial charge in [0.25, 0.3) is 0 Å². The van der Waals surface area contributed by atoms with Crippen molar-refractivity contribution in [2.75, 3.05) is 19.0 Å². The number of hydrogen-bond donors (Lipinski definition) is 2. The molecule has 3 rings (SSSR count). The molecular weight excluding hydrogens is 541 g/mol. The fraction of sp³-hybridized carbons (Fsp3) is 0.321. The Labute approximate surface area is 232 Å². The molecular formula is C28H32FN3O7S. The SMILES string of the molecule is C[C@@H](Oc1cc(-c2cc(S(C)(=O)=O)ccc2CN(C)C(=O)OC(C)(C)C)cnc1N)c1cc(F)ccc1C(=O)O. The molecule has 0 fully saturated rings. The van der Waals surface area contributed by atoms with Crippen LogP contribution in [-0.4, -0.2) is 54.4 Å². The Morgan fingerprint density at radius 2 is 1.82 bits per heavy atom. The van der Waals surface area contributed by atoms with Crippen molar-refractivity contribution >= 4 is 27.7 Å². The van der Waals surface area contributed by atoms with Gasteiger partial charge in [0.1, 0.15) is 17.5 Å². The third-order valence-corrected chi connectivity index (χ3v) is 6.91. The van der Waals surface area contributed by atoms with Gasteiger partial charge in [-0.15, -0.1) is 0 Å². The van der Waals surface area contributed by atoms with Gasteiger partial charge in [0.05, 0.1) is 10.5 Å². The van der Waals surface area contributed by atoms with Crippen LogP contribution in [0.5, 0.6) is 5.75 Å². The van der Waals surface area contributed by atoms with Crippen LogP contribution < -0.4 is 10.5 Å². The quantitative estimate of drug-likeness (QED) is 0.376. The van der Waals surface area contributed by atoms with E-state index in [4.69, 9.17) is 15.2 Å². The summed E-state index contributed by atoms with van der Waals surface area (Å²) in [7, 11) is -2.03. The number of nitrogens with two attached hydrogens (primary N) is 1.